The average molecular weight is 693 g/mol. The molecule has 1 atom stereocenters. The summed E-state index contributed by atoms with van der Waals surface area (Å²) >= 11 is 2.91. The Hall–Kier alpha value is -3.51. The van der Waals surface area contributed by atoms with Crippen LogP contribution in [0, 0.1) is 29.1 Å². The first-order chi connectivity index (χ1) is 22.4. The van der Waals surface area contributed by atoms with Crippen LogP contribution in [-0.2, 0) is 0 Å². The molecule has 0 aliphatic heterocycles. The molecule has 3 heterocycles. The van der Waals surface area contributed by atoms with E-state index >= 15 is 17.6 Å². The molecule has 0 spiro atoms. The minimum absolute atomic E-state index is 0.0540. The first-order valence-corrected chi connectivity index (χ1v) is 18.7. The molecule has 0 radical (unpaired) electrons. The second-order valence-corrected chi connectivity index (χ2v) is 16.5. The summed E-state index contributed by atoms with van der Waals surface area (Å²) in [4.78, 5) is 1.62. The van der Waals surface area contributed by atoms with Gasteiger partial charge in [-0.2, -0.15) is 0 Å². The van der Waals surface area contributed by atoms with E-state index in [9.17, 15) is 4.39 Å². The van der Waals surface area contributed by atoms with Crippen molar-refractivity contribution in [3.05, 3.63) is 123 Å². The summed E-state index contributed by atoms with van der Waals surface area (Å²) in [5.74, 6) is -9.28. The summed E-state index contributed by atoms with van der Waals surface area (Å²) in [5.41, 5.74) is 3.74. The van der Waals surface area contributed by atoms with Crippen LogP contribution in [0.1, 0.15) is 76.0 Å². The molecule has 0 aliphatic carbocycles. The second-order valence-electron chi connectivity index (χ2n) is 12.6. The molecule has 0 N–H and O–H groups in total. The number of benzene rings is 3. The van der Waals surface area contributed by atoms with Crippen LogP contribution >= 0.6 is 30.2 Å². The Balaban J connectivity index is 1.97. The van der Waals surface area contributed by atoms with Gasteiger partial charge in [0.25, 0.3) is 0 Å². The fourth-order valence-electron chi connectivity index (χ4n) is 6.22. The SMILES string of the molecule is CC(C)c1cc(C(C)C)c(-p2c(-c3cccs3)c(-c3ccccc3)c(-c3c(F)c(F)c(F)c(F)c3F)c2-c2cccs2)c(C(C)C)c1. The highest BCUT2D eigenvalue weighted by molar-refractivity contribution is 7.65. The van der Waals surface area contributed by atoms with Gasteiger partial charge in [-0.25, -0.2) is 22.0 Å². The number of thiophene rings is 2. The van der Waals surface area contributed by atoms with Crippen molar-refractivity contribution in [1.82, 2.24) is 0 Å². The average Bonchev–Trinajstić information content (AvgIpc) is 3.83. The van der Waals surface area contributed by atoms with Gasteiger partial charge in [-0.3, -0.25) is 0 Å². The predicted molar refractivity (Wildman–Crippen MR) is 190 cm³/mol. The molecule has 47 heavy (non-hydrogen) atoms. The topological polar surface area (TPSA) is 0 Å². The van der Waals surface area contributed by atoms with Crippen molar-refractivity contribution in [3.8, 4) is 47.9 Å². The van der Waals surface area contributed by atoms with E-state index in [-0.39, 0.29) is 23.3 Å². The molecule has 0 amide bonds. The molecular weight excluding hydrogens is 659 g/mol. The maximum Gasteiger partial charge on any atom is 0.200 e. The zero-order chi connectivity index (χ0) is 33.7. The Morgan fingerprint density at radius 3 is 1.40 bits per heavy atom. The van der Waals surface area contributed by atoms with Crippen molar-refractivity contribution >= 4 is 30.2 Å². The van der Waals surface area contributed by atoms with E-state index in [0.717, 1.165) is 31.5 Å². The van der Waals surface area contributed by atoms with Gasteiger partial charge in [-0.05, 0) is 62.9 Å². The van der Waals surface area contributed by atoms with Gasteiger partial charge in [0.05, 0.1) is 5.56 Å². The summed E-state index contributed by atoms with van der Waals surface area (Å²) in [6, 6.07) is 21.3. The Morgan fingerprint density at radius 2 is 0.979 bits per heavy atom. The molecule has 0 saturated heterocycles. The van der Waals surface area contributed by atoms with Crippen LogP contribution in [0.25, 0.3) is 47.9 Å². The van der Waals surface area contributed by atoms with Gasteiger partial charge in [-0.15, -0.1) is 22.7 Å². The lowest BCUT2D eigenvalue weighted by molar-refractivity contribution is 0.381. The van der Waals surface area contributed by atoms with Crippen molar-refractivity contribution < 1.29 is 22.0 Å². The molecule has 6 aromatic rings. The van der Waals surface area contributed by atoms with Crippen LogP contribution in [0.15, 0.2) is 77.5 Å². The molecule has 0 nitrogen and oxygen atoms in total. The fourth-order valence-corrected chi connectivity index (χ4v) is 11.8. The van der Waals surface area contributed by atoms with Gasteiger partial charge < -0.3 is 0 Å². The van der Waals surface area contributed by atoms with E-state index in [4.69, 9.17) is 0 Å². The van der Waals surface area contributed by atoms with Crippen molar-refractivity contribution in [2.75, 3.05) is 0 Å². The Morgan fingerprint density at radius 1 is 0.511 bits per heavy atom. The highest BCUT2D eigenvalue weighted by Crippen LogP contribution is 2.69. The summed E-state index contributed by atoms with van der Waals surface area (Å²) in [7, 11) is -1.58. The molecule has 8 heteroatoms. The molecular formula is C39H34F5PS2. The van der Waals surface area contributed by atoms with Crippen molar-refractivity contribution in [1.29, 1.82) is 0 Å². The lowest BCUT2D eigenvalue weighted by atomic mass is 9.89. The first kappa shape index (κ1) is 33.4. The third-order valence-electron chi connectivity index (χ3n) is 8.53. The molecule has 6 rings (SSSR count). The third-order valence-corrected chi connectivity index (χ3v) is 13.4. The fraction of sp³-hybridized carbons (Fsp3) is 0.231. The first-order valence-electron chi connectivity index (χ1n) is 15.6. The van der Waals surface area contributed by atoms with E-state index in [1.807, 2.05) is 65.4 Å². The van der Waals surface area contributed by atoms with Gasteiger partial charge in [0.2, 0.25) is 5.82 Å². The summed E-state index contributed by atoms with van der Waals surface area (Å²) < 4.78 is 77.1. The number of hydrogen-bond donors (Lipinski definition) is 0. The van der Waals surface area contributed by atoms with E-state index in [0.29, 0.717) is 16.4 Å². The van der Waals surface area contributed by atoms with E-state index in [1.165, 1.54) is 28.2 Å². The molecule has 3 aromatic carbocycles. The highest BCUT2D eigenvalue weighted by atomic mass is 32.1. The van der Waals surface area contributed by atoms with E-state index in [1.54, 1.807) is 0 Å². The molecule has 0 fully saturated rings. The highest BCUT2D eigenvalue weighted by Gasteiger charge is 2.37. The number of rotatable bonds is 8. The van der Waals surface area contributed by atoms with Crippen LogP contribution in [0.4, 0.5) is 22.0 Å². The normalized spacial score (nSPS) is 12.3. The molecule has 0 saturated carbocycles. The summed E-state index contributed by atoms with van der Waals surface area (Å²) in [5, 5.41) is 6.36. The standard InChI is InChI=1S/C39H34F5PS2/c1-20(2)24-18-25(21(3)4)37(26(19-24)22(5)6)45-38(27-14-10-16-46-27)29(23-12-8-7-9-13-23)30(39(45)28-15-11-17-47-28)31-32(40)34(42)36(44)35(43)33(31)41/h7-22H,1-6H3. The van der Waals surface area contributed by atoms with Crippen LogP contribution in [0.2, 0.25) is 0 Å². The van der Waals surface area contributed by atoms with Crippen molar-refractivity contribution in [2.24, 2.45) is 0 Å². The maximum atomic E-state index is 16.1. The zero-order valence-electron chi connectivity index (χ0n) is 26.9. The minimum Gasteiger partial charge on any atom is -0.203 e. The van der Waals surface area contributed by atoms with Crippen LogP contribution in [0.3, 0.4) is 0 Å². The van der Waals surface area contributed by atoms with E-state index in [2.05, 4.69) is 53.7 Å². The Kier molecular flexibility index (Phi) is 9.37. The number of halogens is 5. The third kappa shape index (κ3) is 5.71. The van der Waals surface area contributed by atoms with Crippen molar-refractivity contribution in [2.45, 2.75) is 59.3 Å². The zero-order valence-corrected chi connectivity index (χ0v) is 29.4. The van der Waals surface area contributed by atoms with Gasteiger partial charge in [0, 0.05) is 36.8 Å². The monoisotopic (exact) mass is 692 g/mol. The molecule has 3 aromatic heterocycles. The van der Waals surface area contributed by atoms with Crippen molar-refractivity contribution in [3.63, 3.8) is 0 Å². The largest absolute Gasteiger partial charge is 0.203 e. The Bertz CT molecular complexity index is 2000. The lowest BCUT2D eigenvalue weighted by Gasteiger charge is -2.25. The number of hydrogen-bond acceptors (Lipinski definition) is 2. The van der Waals surface area contributed by atoms with Crippen LogP contribution < -0.4 is 0 Å². The summed E-state index contributed by atoms with van der Waals surface area (Å²) in [6.45, 7) is 12.9. The quantitative estimate of drug-likeness (QED) is 0.0846. The maximum absolute atomic E-state index is 16.1. The van der Waals surface area contributed by atoms with Gasteiger partial charge in [0.15, 0.2) is 23.3 Å². The molecule has 0 bridgehead atoms. The second kappa shape index (κ2) is 13.2. The Labute approximate surface area is 281 Å². The molecule has 242 valence electrons. The van der Waals surface area contributed by atoms with Gasteiger partial charge in [0.1, 0.15) is 0 Å². The van der Waals surface area contributed by atoms with Gasteiger partial charge in [-0.1, -0.05) is 104 Å². The lowest BCUT2D eigenvalue weighted by Crippen LogP contribution is -2.04. The van der Waals surface area contributed by atoms with Crippen LogP contribution in [0.5, 0.6) is 0 Å². The smallest absolute Gasteiger partial charge is 0.200 e. The van der Waals surface area contributed by atoms with E-state index < -0.39 is 42.2 Å². The van der Waals surface area contributed by atoms with Crippen LogP contribution in [-0.4, -0.2) is 0 Å². The van der Waals surface area contributed by atoms with Gasteiger partial charge >= 0.3 is 0 Å². The molecule has 1 unspecified atom stereocenters. The minimum atomic E-state index is -2.17. The molecule has 0 aliphatic rings. The summed E-state index contributed by atoms with van der Waals surface area (Å²) in [6.07, 6.45) is 0. The predicted octanol–water partition coefficient (Wildman–Crippen LogP) is 14.5.